The van der Waals surface area contributed by atoms with Crippen molar-refractivity contribution in [3.05, 3.63) is 69.4 Å². The van der Waals surface area contributed by atoms with E-state index in [9.17, 15) is 9.50 Å². The molecule has 1 nitrogen and oxygen atoms in total. The highest BCUT2D eigenvalue weighted by Crippen LogP contribution is 2.18. The van der Waals surface area contributed by atoms with Crippen LogP contribution in [0.3, 0.4) is 0 Å². The van der Waals surface area contributed by atoms with Crippen LogP contribution >= 0.6 is 15.9 Å². The third-order valence-electron chi connectivity index (χ3n) is 3.48. The predicted octanol–water partition coefficient (Wildman–Crippen LogP) is 4.43. The Morgan fingerprint density at radius 1 is 1.15 bits per heavy atom. The SMILES string of the molecule is Cc1ccccc1CCC(O)Cc1ccc(Br)cc1F. The summed E-state index contributed by atoms with van der Waals surface area (Å²) in [6.45, 7) is 2.07. The lowest BCUT2D eigenvalue weighted by Gasteiger charge is -2.12. The first-order valence-electron chi connectivity index (χ1n) is 6.73. The molecule has 0 aliphatic rings. The molecule has 1 unspecified atom stereocenters. The molecule has 0 fully saturated rings. The van der Waals surface area contributed by atoms with Crippen LogP contribution < -0.4 is 0 Å². The van der Waals surface area contributed by atoms with Gasteiger partial charge in [0.25, 0.3) is 0 Å². The van der Waals surface area contributed by atoms with Crippen molar-refractivity contribution < 1.29 is 9.50 Å². The molecule has 0 saturated heterocycles. The zero-order valence-electron chi connectivity index (χ0n) is 11.4. The van der Waals surface area contributed by atoms with Gasteiger partial charge in [0.2, 0.25) is 0 Å². The summed E-state index contributed by atoms with van der Waals surface area (Å²) in [5.41, 5.74) is 3.03. The lowest BCUT2D eigenvalue weighted by Crippen LogP contribution is -2.13. The van der Waals surface area contributed by atoms with Gasteiger partial charge in [-0.3, -0.25) is 0 Å². The van der Waals surface area contributed by atoms with Crippen molar-refractivity contribution in [2.45, 2.75) is 32.3 Å². The zero-order valence-corrected chi connectivity index (χ0v) is 13.0. The van der Waals surface area contributed by atoms with E-state index < -0.39 is 6.10 Å². The molecule has 3 heteroatoms. The van der Waals surface area contributed by atoms with Crippen LogP contribution in [0.2, 0.25) is 0 Å². The number of rotatable bonds is 5. The summed E-state index contributed by atoms with van der Waals surface area (Å²) < 4.78 is 14.4. The molecule has 0 radical (unpaired) electrons. The van der Waals surface area contributed by atoms with Gasteiger partial charge in [-0.1, -0.05) is 46.3 Å². The molecule has 1 atom stereocenters. The van der Waals surface area contributed by atoms with Crippen LogP contribution in [-0.2, 0) is 12.8 Å². The van der Waals surface area contributed by atoms with Gasteiger partial charge in [-0.05, 0) is 48.6 Å². The highest BCUT2D eigenvalue weighted by Gasteiger charge is 2.10. The smallest absolute Gasteiger partial charge is 0.127 e. The monoisotopic (exact) mass is 336 g/mol. The summed E-state index contributed by atoms with van der Waals surface area (Å²) in [6.07, 6.45) is 1.28. The Balaban J connectivity index is 1.92. The van der Waals surface area contributed by atoms with Crippen LogP contribution in [0.5, 0.6) is 0 Å². The Morgan fingerprint density at radius 2 is 1.90 bits per heavy atom. The third kappa shape index (κ3) is 4.15. The second-order valence-electron chi connectivity index (χ2n) is 5.06. The quantitative estimate of drug-likeness (QED) is 0.856. The second kappa shape index (κ2) is 7.00. The molecule has 0 heterocycles. The molecule has 0 bridgehead atoms. The standard InChI is InChI=1S/C17H18BrFO/c1-12-4-2-3-5-13(12)7-9-16(20)10-14-6-8-15(18)11-17(14)19/h2-6,8,11,16,20H,7,9-10H2,1H3. The maximum atomic E-state index is 13.7. The van der Waals surface area contributed by atoms with Gasteiger partial charge in [-0.15, -0.1) is 0 Å². The summed E-state index contributed by atoms with van der Waals surface area (Å²) in [4.78, 5) is 0. The fraction of sp³-hybridized carbons (Fsp3) is 0.294. The maximum absolute atomic E-state index is 13.7. The minimum absolute atomic E-state index is 0.269. The van der Waals surface area contributed by atoms with E-state index in [1.54, 1.807) is 12.1 Å². The average Bonchev–Trinajstić information content (AvgIpc) is 2.41. The first-order chi connectivity index (χ1) is 9.56. The maximum Gasteiger partial charge on any atom is 0.127 e. The fourth-order valence-electron chi connectivity index (χ4n) is 2.26. The van der Waals surface area contributed by atoms with Gasteiger partial charge in [0, 0.05) is 10.9 Å². The van der Waals surface area contributed by atoms with Crippen molar-refractivity contribution in [2.24, 2.45) is 0 Å². The molecular formula is C17H18BrFO. The van der Waals surface area contributed by atoms with Crippen molar-refractivity contribution in [3.8, 4) is 0 Å². The van der Waals surface area contributed by atoms with E-state index in [1.807, 2.05) is 12.1 Å². The lowest BCUT2D eigenvalue weighted by atomic mass is 9.98. The minimum atomic E-state index is -0.523. The van der Waals surface area contributed by atoms with Gasteiger partial charge in [-0.2, -0.15) is 0 Å². The zero-order chi connectivity index (χ0) is 14.5. The Morgan fingerprint density at radius 3 is 2.60 bits per heavy atom. The number of aliphatic hydroxyl groups excluding tert-OH is 1. The molecule has 2 aromatic carbocycles. The van der Waals surface area contributed by atoms with Crippen molar-refractivity contribution in [2.75, 3.05) is 0 Å². The molecule has 2 rings (SSSR count). The Bertz CT molecular complexity index is 583. The minimum Gasteiger partial charge on any atom is -0.393 e. The molecule has 0 aliphatic carbocycles. The molecular weight excluding hydrogens is 319 g/mol. The number of hydrogen-bond acceptors (Lipinski definition) is 1. The number of halogens is 2. The fourth-order valence-corrected chi connectivity index (χ4v) is 2.59. The topological polar surface area (TPSA) is 20.2 Å². The van der Waals surface area contributed by atoms with Crippen LogP contribution in [0.25, 0.3) is 0 Å². The first kappa shape index (κ1) is 15.2. The predicted molar refractivity (Wildman–Crippen MR) is 83.3 cm³/mol. The van der Waals surface area contributed by atoms with Crippen LogP contribution in [0.15, 0.2) is 46.9 Å². The molecule has 0 amide bonds. The highest BCUT2D eigenvalue weighted by atomic mass is 79.9. The highest BCUT2D eigenvalue weighted by molar-refractivity contribution is 9.10. The number of benzene rings is 2. The summed E-state index contributed by atoms with van der Waals surface area (Å²) in [6, 6.07) is 13.1. The van der Waals surface area contributed by atoms with Gasteiger partial charge in [0.15, 0.2) is 0 Å². The van der Waals surface area contributed by atoms with Crippen LogP contribution in [0.4, 0.5) is 4.39 Å². The number of aryl methyl sites for hydroxylation is 2. The molecule has 1 N–H and O–H groups in total. The molecule has 0 spiro atoms. The van der Waals surface area contributed by atoms with E-state index in [1.165, 1.54) is 17.2 Å². The van der Waals surface area contributed by atoms with E-state index in [0.29, 0.717) is 22.9 Å². The van der Waals surface area contributed by atoms with Crippen molar-refractivity contribution in [1.29, 1.82) is 0 Å². The van der Waals surface area contributed by atoms with E-state index in [4.69, 9.17) is 0 Å². The summed E-state index contributed by atoms with van der Waals surface area (Å²) in [5.74, 6) is -0.269. The molecule has 0 aromatic heterocycles. The molecule has 0 aliphatic heterocycles. The van der Waals surface area contributed by atoms with Crippen LogP contribution in [0, 0.1) is 12.7 Å². The van der Waals surface area contributed by atoms with Gasteiger partial charge < -0.3 is 5.11 Å². The van der Waals surface area contributed by atoms with Gasteiger partial charge in [0.1, 0.15) is 5.82 Å². The summed E-state index contributed by atoms with van der Waals surface area (Å²) in [7, 11) is 0. The average molecular weight is 337 g/mol. The van der Waals surface area contributed by atoms with Crippen LogP contribution in [0.1, 0.15) is 23.1 Å². The number of aliphatic hydroxyl groups is 1. The summed E-state index contributed by atoms with van der Waals surface area (Å²) >= 11 is 3.23. The largest absolute Gasteiger partial charge is 0.393 e. The van der Waals surface area contributed by atoms with E-state index >= 15 is 0 Å². The van der Waals surface area contributed by atoms with Crippen molar-refractivity contribution >= 4 is 15.9 Å². The Labute approximate surface area is 127 Å². The van der Waals surface area contributed by atoms with Gasteiger partial charge >= 0.3 is 0 Å². The van der Waals surface area contributed by atoms with E-state index in [2.05, 4.69) is 35.0 Å². The lowest BCUT2D eigenvalue weighted by molar-refractivity contribution is 0.164. The Kier molecular flexibility index (Phi) is 5.32. The Hall–Kier alpha value is -1.19. The normalized spacial score (nSPS) is 12.4. The van der Waals surface area contributed by atoms with Crippen LogP contribution in [-0.4, -0.2) is 11.2 Å². The van der Waals surface area contributed by atoms with Crippen molar-refractivity contribution in [1.82, 2.24) is 0 Å². The molecule has 106 valence electrons. The molecule has 20 heavy (non-hydrogen) atoms. The van der Waals surface area contributed by atoms with E-state index in [0.717, 1.165) is 6.42 Å². The summed E-state index contributed by atoms with van der Waals surface area (Å²) in [5, 5.41) is 10.1. The second-order valence-corrected chi connectivity index (χ2v) is 5.97. The number of hydrogen-bond donors (Lipinski definition) is 1. The van der Waals surface area contributed by atoms with Gasteiger partial charge in [0.05, 0.1) is 6.10 Å². The van der Waals surface area contributed by atoms with Crippen molar-refractivity contribution in [3.63, 3.8) is 0 Å². The molecule has 2 aromatic rings. The third-order valence-corrected chi connectivity index (χ3v) is 3.97. The van der Waals surface area contributed by atoms with Gasteiger partial charge in [-0.25, -0.2) is 4.39 Å². The first-order valence-corrected chi connectivity index (χ1v) is 7.52. The van der Waals surface area contributed by atoms with E-state index in [-0.39, 0.29) is 5.82 Å². The molecule has 0 saturated carbocycles.